The molecule has 0 aliphatic rings. The minimum absolute atomic E-state index is 0. The fourth-order valence-electron chi connectivity index (χ4n) is 2.70. The Balaban J connectivity index is -0.000000669. The van der Waals surface area contributed by atoms with Gasteiger partial charge in [0, 0.05) is 18.2 Å². The van der Waals surface area contributed by atoms with Crippen LogP contribution in [0.25, 0.3) is 0 Å². The average molecular weight is 774 g/mol. The summed E-state index contributed by atoms with van der Waals surface area (Å²) in [5, 5.41) is -0.0586. The van der Waals surface area contributed by atoms with Gasteiger partial charge in [-0.25, -0.2) is 8.78 Å². The Hall–Kier alpha value is -0.700. The van der Waals surface area contributed by atoms with Crippen molar-refractivity contribution in [2.24, 2.45) is 11.8 Å². The summed E-state index contributed by atoms with van der Waals surface area (Å²) in [6.07, 6.45) is -44.3. The highest BCUT2D eigenvalue weighted by Gasteiger charge is 2.74. The molecule has 0 saturated heterocycles. The molecule has 40 heavy (non-hydrogen) atoms. The Kier molecular flexibility index (Phi) is 16.0. The second-order valence-electron chi connectivity index (χ2n) is 7.83. The summed E-state index contributed by atoms with van der Waals surface area (Å²) in [6.45, 7) is 2.78. The second-order valence-corrected chi connectivity index (χ2v) is 8.63. The molecule has 0 N–H and O–H groups in total. The van der Waals surface area contributed by atoms with Crippen LogP contribution >= 0.6 is 32.9 Å². The maximum Gasteiger partial charge on any atom is 0.431 e. The highest BCUT2D eigenvalue weighted by molar-refractivity contribution is 9.09. The first-order chi connectivity index (χ1) is 16.8. The van der Waals surface area contributed by atoms with Gasteiger partial charge in [-0.1, -0.05) is 22.0 Å². The normalized spacial score (nSPS) is 15.9. The Labute approximate surface area is 231 Å². The number of hydrogen-bond donors (Lipinski definition) is 0. The Morgan fingerprint density at radius 2 is 0.800 bits per heavy atom. The quantitative estimate of drug-likeness (QED) is 0.124. The smallest absolute Gasteiger partial charge is 0.224 e. The minimum Gasteiger partial charge on any atom is -0.224 e. The standard InChI is InChI=1S/C9H9BrF10.C9H8F10.BrH/c10-3-1-2-5(7(12,13)14)4-6(11,8(15,16)17)9(18,19)20;1-2-3-5(7(11,12)13)4-6(10,8(14,15)16)9(17,18)19;/h5H,1-4H2;2,5H,1,3-4H2;1H. The molecule has 0 spiro atoms. The van der Waals surface area contributed by atoms with Gasteiger partial charge in [0.2, 0.25) is 0 Å². The van der Waals surface area contributed by atoms with Crippen molar-refractivity contribution in [1.82, 2.24) is 0 Å². The van der Waals surface area contributed by atoms with Gasteiger partial charge in [-0.2, -0.15) is 79.0 Å². The van der Waals surface area contributed by atoms with Crippen LogP contribution in [-0.2, 0) is 0 Å². The molecule has 0 rings (SSSR count). The minimum atomic E-state index is -6.49. The monoisotopic (exact) mass is 772 g/mol. The molecule has 0 fully saturated rings. The van der Waals surface area contributed by atoms with Crippen molar-refractivity contribution in [2.75, 3.05) is 5.33 Å². The van der Waals surface area contributed by atoms with Gasteiger partial charge in [0.25, 0.3) is 11.3 Å². The average Bonchev–Trinajstić information content (AvgIpc) is 2.65. The van der Waals surface area contributed by atoms with E-state index in [1.807, 2.05) is 0 Å². The van der Waals surface area contributed by atoms with Crippen LogP contribution in [0.2, 0.25) is 0 Å². The SMILES string of the molecule is Br.C=CCC(CC(F)(C(F)(F)F)C(F)(F)F)C(F)(F)F.FC(F)(F)C(CCCBr)CC(F)(C(F)(F)F)C(F)(F)F. The molecule has 0 nitrogen and oxygen atoms in total. The topological polar surface area (TPSA) is 0 Å². The lowest BCUT2D eigenvalue weighted by Gasteiger charge is -2.33. The Morgan fingerprint density at radius 3 is 1.00 bits per heavy atom. The summed E-state index contributed by atoms with van der Waals surface area (Å²) >= 11 is 2.70. The molecular weight excluding hydrogens is 756 g/mol. The highest BCUT2D eigenvalue weighted by atomic mass is 79.9. The van der Waals surface area contributed by atoms with Crippen LogP contribution in [0.5, 0.6) is 0 Å². The van der Waals surface area contributed by atoms with E-state index < -0.39 is 85.9 Å². The van der Waals surface area contributed by atoms with E-state index in [1.54, 1.807) is 0 Å². The van der Waals surface area contributed by atoms with Gasteiger partial charge in [-0.15, -0.1) is 23.6 Å². The van der Waals surface area contributed by atoms with Crippen LogP contribution in [0.3, 0.4) is 0 Å². The first-order valence-electron chi connectivity index (χ1n) is 9.78. The van der Waals surface area contributed by atoms with Crippen molar-refractivity contribution >= 4 is 32.9 Å². The van der Waals surface area contributed by atoms with Gasteiger partial charge >= 0.3 is 37.1 Å². The number of halogens is 22. The van der Waals surface area contributed by atoms with Gasteiger partial charge in [0.1, 0.15) is 0 Å². The maximum atomic E-state index is 13.3. The van der Waals surface area contributed by atoms with Crippen molar-refractivity contribution in [2.45, 2.75) is 80.5 Å². The van der Waals surface area contributed by atoms with Crippen LogP contribution in [0, 0.1) is 11.8 Å². The zero-order valence-corrected chi connectivity index (χ0v) is 22.3. The van der Waals surface area contributed by atoms with Gasteiger partial charge in [0.05, 0.1) is 11.8 Å². The molecule has 2 atom stereocenters. The van der Waals surface area contributed by atoms with E-state index in [1.165, 1.54) is 0 Å². The first kappa shape index (κ1) is 43.7. The molecule has 244 valence electrons. The van der Waals surface area contributed by atoms with E-state index in [4.69, 9.17) is 0 Å². The lowest BCUT2D eigenvalue weighted by Crippen LogP contribution is -2.55. The molecule has 0 radical (unpaired) electrons. The first-order valence-corrected chi connectivity index (χ1v) is 10.9. The van der Waals surface area contributed by atoms with Crippen molar-refractivity contribution < 1.29 is 87.8 Å². The largest absolute Gasteiger partial charge is 0.431 e. The zero-order chi connectivity index (χ0) is 32.1. The number of allylic oxidation sites excluding steroid dienone is 1. The molecule has 0 aliphatic carbocycles. The van der Waals surface area contributed by atoms with E-state index in [-0.39, 0.29) is 28.7 Å². The molecule has 0 saturated carbocycles. The summed E-state index contributed by atoms with van der Waals surface area (Å²) < 4.78 is 246. The van der Waals surface area contributed by atoms with Crippen molar-refractivity contribution in [1.29, 1.82) is 0 Å². The number of rotatable bonds is 9. The molecule has 0 aliphatic heterocycles. The van der Waals surface area contributed by atoms with Gasteiger partial charge in [-0.05, 0) is 19.3 Å². The molecular formula is C18H18Br2F20. The molecule has 0 heterocycles. The van der Waals surface area contributed by atoms with Crippen molar-refractivity contribution in [3.8, 4) is 0 Å². The van der Waals surface area contributed by atoms with E-state index in [9.17, 15) is 87.8 Å². The van der Waals surface area contributed by atoms with E-state index >= 15 is 0 Å². The predicted octanol–water partition coefficient (Wildman–Crippen LogP) is 11.1. The van der Waals surface area contributed by atoms with Crippen LogP contribution in [-0.4, -0.2) is 53.7 Å². The molecule has 2 unspecified atom stereocenters. The lowest BCUT2D eigenvalue weighted by molar-refractivity contribution is -0.353. The summed E-state index contributed by atoms with van der Waals surface area (Å²) in [7, 11) is 0. The molecule has 22 heteroatoms. The summed E-state index contributed by atoms with van der Waals surface area (Å²) in [4.78, 5) is 0. The third-order valence-corrected chi connectivity index (χ3v) is 5.48. The predicted molar refractivity (Wildman–Crippen MR) is 108 cm³/mol. The number of hydrogen-bond acceptors (Lipinski definition) is 0. The molecule has 0 aromatic carbocycles. The van der Waals surface area contributed by atoms with E-state index in [0.717, 1.165) is 0 Å². The summed E-state index contributed by atoms with van der Waals surface area (Å²) in [6, 6.07) is 0. The Morgan fingerprint density at radius 1 is 0.525 bits per heavy atom. The highest BCUT2D eigenvalue weighted by Crippen LogP contribution is 2.53. The Bertz CT molecular complexity index is 711. The van der Waals surface area contributed by atoms with Crippen LogP contribution < -0.4 is 0 Å². The van der Waals surface area contributed by atoms with Gasteiger partial charge in [-0.3, -0.25) is 0 Å². The second kappa shape index (κ2) is 14.7. The van der Waals surface area contributed by atoms with Crippen LogP contribution in [0.15, 0.2) is 12.7 Å². The van der Waals surface area contributed by atoms with Gasteiger partial charge < -0.3 is 0 Å². The summed E-state index contributed by atoms with van der Waals surface area (Å²) in [5.74, 6) is -6.16. The van der Waals surface area contributed by atoms with Gasteiger partial charge in [0.15, 0.2) is 0 Å². The maximum absolute atomic E-state index is 13.3. The summed E-state index contributed by atoms with van der Waals surface area (Å²) in [5.41, 5.74) is -11.8. The molecule has 0 amide bonds. The third-order valence-electron chi connectivity index (χ3n) is 4.92. The number of alkyl halides is 21. The molecule has 0 aromatic heterocycles. The molecule has 0 aromatic rings. The third kappa shape index (κ3) is 11.9. The van der Waals surface area contributed by atoms with E-state index in [2.05, 4.69) is 22.5 Å². The fourth-order valence-corrected chi connectivity index (χ4v) is 3.03. The van der Waals surface area contributed by atoms with E-state index in [0.29, 0.717) is 6.08 Å². The zero-order valence-electron chi connectivity index (χ0n) is 19.0. The van der Waals surface area contributed by atoms with Crippen LogP contribution in [0.4, 0.5) is 87.8 Å². The fraction of sp³-hybridized carbons (Fsp3) is 0.889. The van der Waals surface area contributed by atoms with Crippen molar-refractivity contribution in [3.05, 3.63) is 12.7 Å². The molecule has 0 bridgehead atoms. The lowest BCUT2D eigenvalue weighted by atomic mass is 9.87. The van der Waals surface area contributed by atoms with Crippen molar-refractivity contribution in [3.63, 3.8) is 0 Å². The van der Waals surface area contributed by atoms with Crippen LogP contribution in [0.1, 0.15) is 32.1 Å².